The molecule has 2 aromatic heterocycles. The van der Waals surface area contributed by atoms with Crippen molar-refractivity contribution in [2.75, 3.05) is 44.2 Å². The van der Waals surface area contributed by atoms with E-state index in [4.69, 9.17) is 27.9 Å². The van der Waals surface area contributed by atoms with Gasteiger partial charge in [0.15, 0.2) is 0 Å². The van der Waals surface area contributed by atoms with Gasteiger partial charge in [-0.25, -0.2) is 0 Å². The Morgan fingerprint density at radius 1 is 0.893 bits per heavy atom. The molecule has 1 aliphatic rings. The second-order valence-corrected chi connectivity index (χ2v) is 7.95. The minimum Gasteiger partial charge on any atom is -0.493 e. The molecule has 0 unspecified atom stereocenters. The van der Waals surface area contributed by atoms with E-state index in [-0.39, 0.29) is 0 Å². The van der Waals surface area contributed by atoms with Gasteiger partial charge in [0.2, 0.25) is 0 Å². The van der Waals surface area contributed by atoms with Crippen LogP contribution in [-0.2, 0) is 0 Å². The minimum absolute atomic E-state index is 0.623. The number of hydrogen-bond donors (Lipinski definition) is 0. The molecule has 1 fully saturated rings. The van der Waals surface area contributed by atoms with Crippen molar-refractivity contribution >= 4 is 34.4 Å². The number of piperazine rings is 1. The van der Waals surface area contributed by atoms with Crippen molar-refractivity contribution in [3.8, 4) is 5.75 Å². The molecule has 0 spiro atoms. The third kappa shape index (κ3) is 4.57. The van der Waals surface area contributed by atoms with Crippen LogP contribution in [-0.4, -0.2) is 48.6 Å². The maximum absolute atomic E-state index is 6.36. The lowest BCUT2D eigenvalue weighted by atomic mass is 10.2. The van der Waals surface area contributed by atoms with Crippen LogP contribution in [0.3, 0.4) is 0 Å². The third-order valence-electron chi connectivity index (χ3n) is 5.28. The molecular formula is C22H25Cl2N3O. The summed E-state index contributed by atoms with van der Waals surface area (Å²) in [7, 11) is 0. The Labute approximate surface area is 176 Å². The van der Waals surface area contributed by atoms with Crippen LogP contribution in [0.4, 0.5) is 5.69 Å². The number of benzene rings is 1. The van der Waals surface area contributed by atoms with E-state index in [0.717, 1.165) is 69.1 Å². The molecule has 4 nitrogen and oxygen atoms in total. The number of aromatic nitrogens is 1. The van der Waals surface area contributed by atoms with Crippen molar-refractivity contribution in [1.82, 2.24) is 9.30 Å². The molecule has 0 atom stereocenters. The molecule has 3 aromatic rings. The fourth-order valence-corrected chi connectivity index (χ4v) is 4.09. The number of halogens is 2. The van der Waals surface area contributed by atoms with E-state index in [0.29, 0.717) is 10.0 Å². The Morgan fingerprint density at radius 2 is 1.75 bits per heavy atom. The molecule has 0 aliphatic carbocycles. The first-order valence-corrected chi connectivity index (χ1v) is 10.6. The molecule has 3 heterocycles. The first-order chi connectivity index (χ1) is 13.7. The summed E-state index contributed by atoms with van der Waals surface area (Å²) in [5.41, 5.74) is 2.21. The number of pyridine rings is 1. The summed E-state index contributed by atoms with van der Waals surface area (Å²) in [6.45, 7) is 5.93. The van der Waals surface area contributed by atoms with E-state index in [1.165, 1.54) is 0 Å². The quantitative estimate of drug-likeness (QED) is 0.490. The van der Waals surface area contributed by atoms with Crippen LogP contribution < -0.4 is 9.64 Å². The number of unbranched alkanes of at least 4 members (excludes halogenated alkanes) is 1. The number of rotatable bonds is 7. The van der Waals surface area contributed by atoms with Gasteiger partial charge >= 0.3 is 0 Å². The number of nitrogens with zero attached hydrogens (tertiary/aromatic N) is 3. The van der Waals surface area contributed by atoms with Gasteiger partial charge in [0.1, 0.15) is 5.75 Å². The lowest BCUT2D eigenvalue weighted by Crippen LogP contribution is -2.46. The summed E-state index contributed by atoms with van der Waals surface area (Å²) in [5.74, 6) is 0.943. The van der Waals surface area contributed by atoms with Gasteiger partial charge in [0.05, 0.1) is 22.3 Å². The molecule has 148 valence electrons. The summed E-state index contributed by atoms with van der Waals surface area (Å²) in [6.07, 6.45) is 6.29. The predicted molar refractivity (Wildman–Crippen MR) is 117 cm³/mol. The zero-order chi connectivity index (χ0) is 19.3. The molecule has 1 aromatic carbocycles. The molecule has 0 saturated carbocycles. The van der Waals surface area contributed by atoms with Gasteiger partial charge in [0, 0.05) is 50.2 Å². The predicted octanol–water partition coefficient (Wildman–Crippen LogP) is 5.23. The largest absolute Gasteiger partial charge is 0.493 e. The highest BCUT2D eigenvalue weighted by atomic mass is 35.5. The van der Waals surface area contributed by atoms with Gasteiger partial charge < -0.3 is 14.0 Å². The molecule has 1 aliphatic heterocycles. The zero-order valence-corrected chi connectivity index (χ0v) is 17.4. The Bertz CT molecular complexity index is 919. The Balaban J connectivity index is 1.16. The van der Waals surface area contributed by atoms with E-state index >= 15 is 0 Å². The number of fused-ring (bicyclic) bond motifs is 1. The number of hydrogen-bond acceptors (Lipinski definition) is 3. The van der Waals surface area contributed by atoms with Crippen LogP contribution in [0, 0.1) is 0 Å². The average Bonchev–Trinajstić information content (AvgIpc) is 3.18. The fourth-order valence-electron chi connectivity index (χ4n) is 3.68. The summed E-state index contributed by atoms with van der Waals surface area (Å²) in [4.78, 5) is 4.84. The maximum Gasteiger partial charge on any atom is 0.122 e. The second kappa shape index (κ2) is 9.08. The van der Waals surface area contributed by atoms with Crippen molar-refractivity contribution in [3.63, 3.8) is 0 Å². The fraction of sp³-hybridized carbons (Fsp3) is 0.364. The Hall–Kier alpha value is -1.88. The first-order valence-electron chi connectivity index (χ1n) is 9.81. The zero-order valence-electron chi connectivity index (χ0n) is 15.9. The first kappa shape index (κ1) is 19.4. The SMILES string of the molecule is Clc1cccc(N2CCN(CCCCOc3ccn4cccc4c3)CC2)c1Cl. The highest BCUT2D eigenvalue weighted by Gasteiger charge is 2.19. The van der Waals surface area contributed by atoms with Gasteiger partial charge in [-0.05, 0) is 49.7 Å². The van der Waals surface area contributed by atoms with Gasteiger partial charge in [-0.2, -0.15) is 0 Å². The number of anilines is 1. The normalized spacial score (nSPS) is 15.3. The maximum atomic E-state index is 6.36. The molecule has 0 amide bonds. The van der Waals surface area contributed by atoms with Crippen molar-refractivity contribution in [2.24, 2.45) is 0 Å². The van der Waals surface area contributed by atoms with Crippen molar-refractivity contribution in [2.45, 2.75) is 12.8 Å². The van der Waals surface area contributed by atoms with Crippen LogP contribution in [0.25, 0.3) is 5.52 Å². The van der Waals surface area contributed by atoms with Crippen LogP contribution in [0.2, 0.25) is 10.0 Å². The van der Waals surface area contributed by atoms with E-state index in [2.05, 4.69) is 26.3 Å². The minimum atomic E-state index is 0.623. The number of ether oxygens (including phenoxy) is 1. The summed E-state index contributed by atoms with van der Waals surface area (Å²) >= 11 is 12.5. The highest BCUT2D eigenvalue weighted by molar-refractivity contribution is 6.43. The van der Waals surface area contributed by atoms with Crippen LogP contribution in [0.15, 0.2) is 54.9 Å². The lowest BCUT2D eigenvalue weighted by Gasteiger charge is -2.36. The highest BCUT2D eigenvalue weighted by Crippen LogP contribution is 2.32. The van der Waals surface area contributed by atoms with Crippen LogP contribution >= 0.6 is 23.2 Å². The molecule has 1 saturated heterocycles. The van der Waals surface area contributed by atoms with Crippen LogP contribution in [0.1, 0.15) is 12.8 Å². The average molecular weight is 418 g/mol. The summed E-state index contributed by atoms with van der Waals surface area (Å²) in [5, 5.41) is 1.28. The monoisotopic (exact) mass is 417 g/mol. The lowest BCUT2D eigenvalue weighted by molar-refractivity contribution is 0.238. The van der Waals surface area contributed by atoms with Gasteiger partial charge in [0.25, 0.3) is 0 Å². The molecule has 0 bridgehead atoms. The van der Waals surface area contributed by atoms with Crippen molar-refractivity contribution in [3.05, 3.63) is 64.9 Å². The summed E-state index contributed by atoms with van der Waals surface area (Å²) in [6, 6.07) is 14.1. The molecule has 4 rings (SSSR count). The smallest absolute Gasteiger partial charge is 0.122 e. The van der Waals surface area contributed by atoms with Crippen LogP contribution in [0.5, 0.6) is 5.75 Å². The van der Waals surface area contributed by atoms with E-state index in [1.54, 1.807) is 0 Å². The molecule has 0 radical (unpaired) electrons. The third-order valence-corrected chi connectivity index (χ3v) is 6.09. The Morgan fingerprint density at radius 3 is 2.61 bits per heavy atom. The second-order valence-electron chi connectivity index (χ2n) is 7.16. The van der Waals surface area contributed by atoms with Gasteiger partial charge in [-0.15, -0.1) is 0 Å². The molecule has 6 heteroatoms. The van der Waals surface area contributed by atoms with E-state index in [9.17, 15) is 0 Å². The summed E-state index contributed by atoms with van der Waals surface area (Å²) < 4.78 is 7.99. The van der Waals surface area contributed by atoms with Gasteiger partial charge in [-0.1, -0.05) is 29.3 Å². The molecule has 28 heavy (non-hydrogen) atoms. The molecule has 0 N–H and O–H groups in total. The van der Waals surface area contributed by atoms with Crippen molar-refractivity contribution < 1.29 is 4.74 Å². The standard InChI is InChI=1S/C22H25Cl2N3O/c23-20-6-3-7-21(22(20)24)27-14-12-25(13-15-27)9-1-2-16-28-19-8-11-26-10-4-5-18(26)17-19/h3-8,10-11,17H,1-2,9,12-16H2. The molecular weight excluding hydrogens is 393 g/mol. The van der Waals surface area contributed by atoms with E-state index < -0.39 is 0 Å². The Kier molecular flexibility index (Phi) is 6.30. The van der Waals surface area contributed by atoms with Gasteiger partial charge in [-0.3, -0.25) is 4.90 Å². The topological polar surface area (TPSA) is 20.1 Å². The van der Waals surface area contributed by atoms with Crippen molar-refractivity contribution in [1.29, 1.82) is 0 Å². The van der Waals surface area contributed by atoms with E-state index in [1.807, 2.05) is 42.7 Å².